The van der Waals surface area contributed by atoms with Crippen molar-refractivity contribution in [3.8, 4) is 5.75 Å². The Kier molecular flexibility index (Phi) is 7.85. The summed E-state index contributed by atoms with van der Waals surface area (Å²) in [6, 6.07) is 6.70. The average molecular weight is 320 g/mol. The number of nitrogens with zero attached hydrogens (tertiary/aromatic N) is 1. The number of anilines is 1. The highest BCUT2D eigenvalue weighted by atomic mass is 32.2. The smallest absolute Gasteiger partial charge is 0.410 e. The molecule has 0 aliphatic rings. The van der Waals surface area contributed by atoms with Crippen LogP contribution in [0.5, 0.6) is 5.75 Å². The van der Waals surface area contributed by atoms with Gasteiger partial charge in [-0.1, -0.05) is 36.9 Å². The van der Waals surface area contributed by atoms with Gasteiger partial charge in [-0.15, -0.1) is 13.2 Å². The summed E-state index contributed by atoms with van der Waals surface area (Å²) in [5.41, 5.74) is 0.579. The highest BCUT2D eigenvalue weighted by Gasteiger charge is 2.13. The lowest BCUT2D eigenvalue weighted by molar-refractivity contribution is 0.162. The molecular weight excluding hydrogens is 300 g/mol. The van der Waals surface area contributed by atoms with E-state index in [1.165, 1.54) is 16.7 Å². The van der Waals surface area contributed by atoms with Crippen LogP contribution in [-0.4, -0.2) is 35.1 Å². The lowest BCUT2D eigenvalue weighted by atomic mass is 10.3. The van der Waals surface area contributed by atoms with Gasteiger partial charge in [-0.05, 0) is 17.9 Å². The van der Waals surface area contributed by atoms with Crippen molar-refractivity contribution in [1.82, 2.24) is 4.90 Å². The Bertz CT molecular complexity index is 536. The van der Waals surface area contributed by atoms with E-state index in [0.717, 1.165) is 0 Å². The summed E-state index contributed by atoms with van der Waals surface area (Å²) < 4.78 is 5.30. The lowest BCUT2D eigenvalue weighted by Gasteiger charge is -2.18. The van der Waals surface area contributed by atoms with Gasteiger partial charge in [0.1, 0.15) is 5.75 Å². The maximum Gasteiger partial charge on any atom is 0.415 e. The molecular formula is C16H20N2O3S. The third-order valence-corrected chi connectivity index (χ3v) is 3.17. The van der Waals surface area contributed by atoms with Gasteiger partial charge in [0.2, 0.25) is 0 Å². The van der Waals surface area contributed by atoms with E-state index >= 15 is 0 Å². The SMILES string of the molecule is C=CCN(CC=C)C(=O)Oc1cccc(NC(=O)SCC)c1. The standard InChI is InChI=1S/C16H20N2O3S/c1-4-10-18(11-5-2)16(20)21-14-9-7-8-13(12-14)17-15(19)22-6-3/h4-5,7-9,12H,1-2,6,10-11H2,3H3,(H,17,19). The predicted octanol–water partition coefficient (Wildman–Crippen LogP) is 4.14. The average Bonchev–Trinajstić information content (AvgIpc) is 2.47. The first kappa shape index (κ1) is 17.8. The Morgan fingerprint density at radius 2 is 2.00 bits per heavy atom. The summed E-state index contributed by atoms with van der Waals surface area (Å²) >= 11 is 1.18. The van der Waals surface area contributed by atoms with Gasteiger partial charge in [0, 0.05) is 24.8 Å². The number of carbonyl (C=O) groups is 2. The van der Waals surface area contributed by atoms with Crippen LogP contribution in [0.1, 0.15) is 6.92 Å². The van der Waals surface area contributed by atoms with Crippen molar-refractivity contribution in [3.63, 3.8) is 0 Å². The van der Waals surface area contributed by atoms with Crippen molar-refractivity contribution >= 4 is 28.8 Å². The van der Waals surface area contributed by atoms with Gasteiger partial charge in [0.15, 0.2) is 0 Å². The fraction of sp³-hybridized carbons (Fsp3) is 0.250. The number of benzene rings is 1. The minimum absolute atomic E-state index is 0.147. The van der Waals surface area contributed by atoms with Crippen molar-refractivity contribution in [1.29, 1.82) is 0 Å². The molecule has 1 aromatic carbocycles. The fourth-order valence-electron chi connectivity index (χ4n) is 1.62. The Labute approximate surface area is 135 Å². The van der Waals surface area contributed by atoms with Crippen molar-refractivity contribution in [2.24, 2.45) is 0 Å². The van der Waals surface area contributed by atoms with Crippen LogP contribution in [0.25, 0.3) is 0 Å². The molecule has 0 saturated carbocycles. The molecule has 22 heavy (non-hydrogen) atoms. The second kappa shape index (κ2) is 9.68. The van der Waals surface area contributed by atoms with Crippen LogP contribution < -0.4 is 10.1 Å². The minimum atomic E-state index is -0.494. The van der Waals surface area contributed by atoms with Crippen LogP contribution in [-0.2, 0) is 0 Å². The summed E-state index contributed by atoms with van der Waals surface area (Å²) in [7, 11) is 0. The Morgan fingerprint density at radius 1 is 1.32 bits per heavy atom. The van der Waals surface area contributed by atoms with Gasteiger partial charge in [0.05, 0.1) is 0 Å². The normalized spacial score (nSPS) is 9.68. The topological polar surface area (TPSA) is 58.6 Å². The molecule has 2 amide bonds. The van der Waals surface area contributed by atoms with Crippen LogP contribution >= 0.6 is 11.8 Å². The molecule has 0 unspecified atom stereocenters. The number of thioether (sulfide) groups is 1. The number of hydrogen-bond acceptors (Lipinski definition) is 4. The Morgan fingerprint density at radius 3 is 2.59 bits per heavy atom. The van der Waals surface area contributed by atoms with Crippen LogP contribution in [0.4, 0.5) is 15.3 Å². The largest absolute Gasteiger partial charge is 0.415 e. The van der Waals surface area contributed by atoms with E-state index < -0.39 is 6.09 Å². The number of rotatable bonds is 7. The molecule has 0 heterocycles. The first-order valence-electron chi connectivity index (χ1n) is 6.83. The molecule has 0 aliphatic heterocycles. The zero-order valence-corrected chi connectivity index (χ0v) is 13.4. The summed E-state index contributed by atoms with van der Waals surface area (Å²) in [5.74, 6) is 1.06. The van der Waals surface area contributed by atoms with E-state index in [2.05, 4.69) is 18.5 Å². The van der Waals surface area contributed by atoms with Crippen molar-refractivity contribution in [3.05, 3.63) is 49.6 Å². The summed E-state index contributed by atoms with van der Waals surface area (Å²) in [4.78, 5) is 25.0. The predicted molar refractivity (Wildman–Crippen MR) is 91.6 cm³/mol. The maximum absolute atomic E-state index is 12.0. The lowest BCUT2D eigenvalue weighted by Crippen LogP contribution is -2.33. The number of ether oxygens (including phenoxy) is 1. The number of nitrogens with one attached hydrogen (secondary N) is 1. The highest BCUT2D eigenvalue weighted by Crippen LogP contribution is 2.19. The third kappa shape index (κ3) is 6.05. The van der Waals surface area contributed by atoms with E-state index in [1.807, 2.05) is 6.92 Å². The van der Waals surface area contributed by atoms with Gasteiger partial charge < -0.3 is 15.0 Å². The van der Waals surface area contributed by atoms with Crippen molar-refractivity contribution < 1.29 is 14.3 Å². The van der Waals surface area contributed by atoms with Gasteiger partial charge in [0.25, 0.3) is 5.24 Å². The molecule has 1 N–H and O–H groups in total. The molecule has 0 bridgehead atoms. The molecule has 1 aromatic rings. The molecule has 0 radical (unpaired) electrons. The molecule has 0 fully saturated rings. The van der Waals surface area contributed by atoms with Gasteiger partial charge in [-0.2, -0.15) is 0 Å². The second-order valence-corrected chi connectivity index (χ2v) is 5.46. The minimum Gasteiger partial charge on any atom is -0.410 e. The number of carbonyl (C=O) groups excluding carboxylic acids is 2. The van der Waals surface area contributed by atoms with E-state index in [1.54, 1.807) is 36.4 Å². The molecule has 0 aliphatic carbocycles. The van der Waals surface area contributed by atoms with Gasteiger partial charge in [-0.25, -0.2) is 4.79 Å². The zero-order chi connectivity index (χ0) is 16.4. The zero-order valence-electron chi connectivity index (χ0n) is 12.6. The van der Waals surface area contributed by atoms with E-state index in [9.17, 15) is 9.59 Å². The van der Waals surface area contributed by atoms with Crippen LogP contribution in [0.15, 0.2) is 49.6 Å². The molecule has 0 saturated heterocycles. The first-order valence-corrected chi connectivity index (χ1v) is 7.81. The summed E-state index contributed by atoms with van der Waals surface area (Å²) in [6.45, 7) is 9.84. The summed E-state index contributed by atoms with van der Waals surface area (Å²) in [6.07, 6.45) is 2.73. The van der Waals surface area contributed by atoms with E-state index in [-0.39, 0.29) is 5.24 Å². The maximum atomic E-state index is 12.0. The molecule has 0 aromatic heterocycles. The van der Waals surface area contributed by atoms with Crippen molar-refractivity contribution in [2.45, 2.75) is 6.92 Å². The molecule has 5 nitrogen and oxygen atoms in total. The highest BCUT2D eigenvalue weighted by molar-refractivity contribution is 8.13. The molecule has 6 heteroatoms. The molecule has 1 rings (SSSR count). The fourth-order valence-corrected chi connectivity index (χ4v) is 2.08. The van der Waals surface area contributed by atoms with Crippen LogP contribution in [0.2, 0.25) is 0 Å². The third-order valence-electron chi connectivity index (χ3n) is 2.52. The first-order chi connectivity index (χ1) is 10.6. The van der Waals surface area contributed by atoms with Gasteiger partial charge in [-0.3, -0.25) is 4.79 Å². The van der Waals surface area contributed by atoms with Crippen LogP contribution in [0.3, 0.4) is 0 Å². The quantitative estimate of drug-likeness (QED) is 0.767. The van der Waals surface area contributed by atoms with Gasteiger partial charge >= 0.3 is 6.09 Å². The summed E-state index contributed by atoms with van der Waals surface area (Å²) in [5, 5.41) is 2.58. The van der Waals surface area contributed by atoms with Crippen molar-refractivity contribution in [2.75, 3.05) is 24.2 Å². The monoisotopic (exact) mass is 320 g/mol. The molecule has 0 spiro atoms. The molecule has 118 valence electrons. The Balaban J connectivity index is 2.72. The second-order valence-electron chi connectivity index (χ2n) is 4.22. The van der Waals surface area contributed by atoms with E-state index in [4.69, 9.17) is 4.74 Å². The Hall–Kier alpha value is -2.21. The number of hydrogen-bond donors (Lipinski definition) is 1. The number of amides is 2. The van der Waals surface area contributed by atoms with E-state index in [0.29, 0.717) is 30.3 Å². The van der Waals surface area contributed by atoms with Crippen LogP contribution in [0, 0.1) is 0 Å². The molecule has 0 atom stereocenters.